The lowest BCUT2D eigenvalue weighted by molar-refractivity contribution is 0.0601. The monoisotopic (exact) mass is 235 g/mol. The van der Waals surface area contributed by atoms with Crippen molar-refractivity contribution in [2.24, 2.45) is 0 Å². The van der Waals surface area contributed by atoms with Crippen LogP contribution in [-0.2, 0) is 4.74 Å². The molecule has 2 N–H and O–H groups in total. The summed E-state index contributed by atoms with van der Waals surface area (Å²) in [5.41, 5.74) is 6.59. The van der Waals surface area contributed by atoms with Crippen LogP contribution in [0.1, 0.15) is 29.6 Å². The summed E-state index contributed by atoms with van der Waals surface area (Å²) in [4.78, 5) is 18.1. The maximum absolute atomic E-state index is 11.7. The van der Waals surface area contributed by atoms with Gasteiger partial charge in [-0.3, -0.25) is 0 Å². The molecule has 0 bridgehead atoms. The van der Waals surface area contributed by atoms with Crippen LogP contribution in [0.15, 0.2) is 12.3 Å². The van der Waals surface area contributed by atoms with Gasteiger partial charge in [0.2, 0.25) is 0 Å². The molecule has 17 heavy (non-hydrogen) atoms. The number of carbonyl (C=O) groups is 1. The molecule has 1 aromatic heterocycles. The van der Waals surface area contributed by atoms with Gasteiger partial charge >= 0.3 is 5.97 Å². The Morgan fingerprint density at radius 2 is 2.12 bits per heavy atom. The molecule has 1 aliphatic heterocycles. The second-order valence-corrected chi connectivity index (χ2v) is 4.18. The molecule has 5 heteroatoms. The molecule has 0 unspecified atom stereocenters. The lowest BCUT2D eigenvalue weighted by Gasteiger charge is -2.28. The van der Waals surface area contributed by atoms with Crippen LogP contribution in [0.25, 0.3) is 0 Å². The molecule has 5 nitrogen and oxygen atoms in total. The van der Waals surface area contributed by atoms with Crippen molar-refractivity contribution in [2.45, 2.75) is 19.3 Å². The predicted octanol–water partition coefficient (Wildman–Crippen LogP) is 1.44. The van der Waals surface area contributed by atoms with Crippen molar-refractivity contribution in [3.63, 3.8) is 0 Å². The number of nitrogen functional groups attached to an aromatic ring is 1. The van der Waals surface area contributed by atoms with Crippen molar-refractivity contribution < 1.29 is 9.53 Å². The highest BCUT2D eigenvalue weighted by atomic mass is 16.5. The first-order valence-corrected chi connectivity index (χ1v) is 5.81. The van der Waals surface area contributed by atoms with Gasteiger partial charge in [0.1, 0.15) is 11.4 Å². The predicted molar refractivity (Wildman–Crippen MR) is 66.1 cm³/mol. The molecule has 2 rings (SSSR count). The van der Waals surface area contributed by atoms with E-state index < -0.39 is 0 Å². The van der Waals surface area contributed by atoms with Crippen LogP contribution < -0.4 is 10.6 Å². The SMILES string of the molecule is COC(=O)c1cc(N)cnc1N1CCCCC1. The number of hydrogen-bond acceptors (Lipinski definition) is 5. The number of hydrogen-bond donors (Lipinski definition) is 1. The zero-order valence-electron chi connectivity index (χ0n) is 9.98. The summed E-state index contributed by atoms with van der Waals surface area (Å²) in [7, 11) is 1.37. The standard InChI is InChI=1S/C12H17N3O2/c1-17-12(16)10-7-9(13)8-14-11(10)15-5-3-2-4-6-15/h7-8H,2-6,13H2,1H3. The summed E-state index contributed by atoms with van der Waals surface area (Å²) in [5, 5.41) is 0. The number of nitrogens with zero attached hydrogens (tertiary/aromatic N) is 2. The molecule has 0 saturated carbocycles. The molecule has 0 atom stereocenters. The number of nitrogens with two attached hydrogens (primary N) is 1. The number of esters is 1. The lowest BCUT2D eigenvalue weighted by Crippen LogP contribution is -2.31. The highest BCUT2D eigenvalue weighted by Gasteiger charge is 2.20. The number of pyridine rings is 1. The number of ether oxygens (including phenoxy) is 1. The van der Waals surface area contributed by atoms with Gasteiger partial charge in [0.05, 0.1) is 19.0 Å². The van der Waals surface area contributed by atoms with Crippen molar-refractivity contribution in [1.29, 1.82) is 0 Å². The molecule has 1 saturated heterocycles. The van der Waals surface area contributed by atoms with E-state index in [1.807, 2.05) is 0 Å². The van der Waals surface area contributed by atoms with E-state index in [0.717, 1.165) is 25.9 Å². The van der Waals surface area contributed by atoms with Crippen LogP contribution >= 0.6 is 0 Å². The number of piperidine rings is 1. The summed E-state index contributed by atoms with van der Waals surface area (Å²) >= 11 is 0. The van der Waals surface area contributed by atoms with Crippen molar-refractivity contribution in [3.05, 3.63) is 17.8 Å². The van der Waals surface area contributed by atoms with Crippen molar-refractivity contribution in [1.82, 2.24) is 4.98 Å². The van der Waals surface area contributed by atoms with E-state index in [4.69, 9.17) is 10.5 Å². The number of carbonyl (C=O) groups excluding carboxylic acids is 1. The zero-order valence-corrected chi connectivity index (χ0v) is 9.98. The third-order valence-electron chi connectivity index (χ3n) is 2.95. The summed E-state index contributed by atoms with van der Waals surface area (Å²) in [6.07, 6.45) is 5.08. The Morgan fingerprint density at radius 3 is 2.76 bits per heavy atom. The first-order chi connectivity index (χ1) is 8.22. The first-order valence-electron chi connectivity index (χ1n) is 5.81. The van der Waals surface area contributed by atoms with Crippen LogP contribution in [0.4, 0.5) is 11.5 Å². The average molecular weight is 235 g/mol. The molecule has 0 aromatic carbocycles. The molecular weight excluding hydrogens is 218 g/mol. The number of aromatic nitrogens is 1. The van der Waals surface area contributed by atoms with Gasteiger partial charge in [0.15, 0.2) is 0 Å². The molecule has 0 radical (unpaired) electrons. The number of anilines is 2. The Bertz CT molecular complexity index is 414. The minimum Gasteiger partial charge on any atom is -0.465 e. The normalized spacial score (nSPS) is 15.7. The largest absolute Gasteiger partial charge is 0.465 e. The van der Waals surface area contributed by atoms with Gasteiger partial charge in [0, 0.05) is 13.1 Å². The van der Waals surface area contributed by atoms with Gasteiger partial charge < -0.3 is 15.4 Å². The summed E-state index contributed by atoms with van der Waals surface area (Å²) < 4.78 is 4.76. The van der Waals surface area contributed by atoms with E-state index in [0.29, 0.717) is 17.1 Å². The quantitative estimate of drug-likeness (QED) is 0.785. The Morgan fingerprint density at radius 1 is 1.41 bits per heavy atom. The van der Waals surface area contributed by atoms with Crippen LogP contribution in [-0.4, -0.2) is 31.2 Å². The van der Waals surface area contributed by atoms with Gasteiger partial charge in [-0.2, -0.15) is 0 Å². The van der Waals surface area contributed by atoms with Gasteiger partial charge in [0.25, 0.3) is 0 Å². The second-order valence-electron chi connectivity index (χ2n) is 4.18. The highest BCUT2D eigenvalue weighted by Crippen LogP contribution is 2.23. The maximum atomic E-state index is 11.7. The van der Waals surface area contributed by atoms with Crippen LogP contribution in [0.2, 0.25) is 0 Å². The maximum Gasteiger partial charge on any atom is 0.341 e. The molecule has 0 spiro atoms. The fourth-order valence-corrected chi connectivity index (χ4v) is 2.09. The smallest absolute Gasteiger partial charge is 0.341 e. The molecular formula is C12H17N3O2. The van der Waals surface area contributed by atoms with Gasteiger partial charge in [-0.25, -0.2) is 9.78 Å². The van der Waals surface area contributed by atoms with Crippen molar-refractivity contribution in [2.75, 3.05) is 30.8 Å². The van der Waals surface area contributed by atoms with E-state index >= 15 is 0 Å². The molecule has 2 heterocycles. The van der Waals surface area contributed by atoms with E-state index in [1.54, 1.807) is 12.3 Å². The molecule has 1 fully saturated rings. The minimum absolute atomic E-state index is 0.384. The Hall–Kier alpha value is -1.78. The lowest BCUT2D eigenvalue weighted by atomic mass is 10.1. The average Bonchev–Trinajstić information content (AvgIpc) is 2.38. The van der Waals surface area contributed by atoms with E-state index in [9.17, 15) is 4.79 Å². The summed E-state index contributed by atoms with van der Waals surface area (Å²) in [5.74, 6) is 0.302. The van der Waals surface area contributed by atoms with Crippen molar-refractivity contribution in [3.8, 4) is 0 Å². The highest BCUT2D eigenvalue weighted by molar-refractivity contribution is 5.95. The molecule has 0 aliphatic carbocycles. The Balaban J connectivity index is 2.34. The molecule has 1 aromatic rings. The third-order valence-corrected chi connectivity index (χ3v) is 2.95. The van der Waals surface area contributed by atoms with E-state index in [2.05, 4.69) is 9.88 Å². The summed E-state index contributed by atoms with van der Waals surface area (Å²) in [6.45, 7) is 1.86. The van der Waals surface area contributed by atoms with Crippen LogP contribution in [0.3, 0.4) is 0 Å². The minimum atomic E-state index is -0.384. The fraction of sp³-hybridized carbons (Fsp3) is 0.500. The first kappa shape index (κ1) is 11.7. The van der Waals surface area contributed by atoms with Gasteiger partial charge in [-0.1, -0.05) is 0 Å². The Labute approximate surface area is 101 Å². The van der Waals surface area contributed by atoms with Crippen molar-refractivity contribution >= 4 is 17.5 Å². The molecule has 0 amide bonds. The topological polar surface area (TPSA) is 68.5 Å². The van der Waals surface area contributed by atoms with E-state index in [-0.39, 0.29) is 5.97 Å². The second kappa shape index (κ2) is 5.03. The van der Waals surface area contributed by atoms with Gasteiger partial charge in [-0.15, -0.1) is 0 Å². The van der Waals surface area contributed by atoms with Crippen LogP contribution in [0, 0.1) is 0 Å². The third kappa shape index (κ3) is 2.49. The van der Waals surface area contributed by atoms with Crippen LogP contribution in [0.5, 0.6) is 0 Å². The number of rotatable bonds is 2. The Kier molecular flexibility index (Phi) is 3.46. The number of methoxy groups -OCH3 is 1. The fourth-order valence-electron chi connectivity index (χ4n) is 2.09. The molecule has 1 aliphatic rings. The summed E-state index contributed by atoms with van der Waals surface area (Å²) in [6, 6.07) is 1.63. The zero-order chi connectivity index (χ0) is 12.3. The van der Waals surface area contributed by atoms with Gasteiger partial charge in [-0.05, 0) is 25.3 Å². The molecule has 92 valence electrons. The van der Waals surface area contributed by atoms with E-state index in [1.165, 1.54) is 13.5 Å².